The zero-order chi connectivity index (χ0) is 20.5. The molecule has 0 saturated heterocycles. The molecule has 148 valence electrons. The van der Waals surface area contributed by atoms with Crippen LogP contribution in [0, 0.1) is 5.92 Å². The fraction of sp³-hybridized carbons (Fsp3) is 0.318. The van der Waals surface area contributed by atoms with Gasteiger partial charge < -0.3 is 14.2 Å². The monoisotopic (exact) mass is 384 g/mol. The van der Waals surface area contributed by atoms with E-state index in [2.05, 4.69) is 0 Å². The minimum atomic E-state index is -1.03. The number of carbonyl (C=O) groups is 3. The molecule has 6 heteroatoms. The highest BCUT2D eigenvalue weighted by atomic mass is 16.6. The van der Waals surface area contributed by atoms with Crippen molar-refractivity contribution in [2.75, 3.05) is 20.3 Å². The predicted molar refractivity (Wildman–Crippen MR) is 104 cm³/mol. The van der Waals surface area contributed by atoms with Crippen LogP contribution in [-0.2, 0) is 30.2 Å². The zero-order valence-corrected chi connectivity index (χ0v) is 16.3. The van der Waals surface area contributed by atoms with Crippen LogP contribution in [0.1, 0.15) is 29.8 Å². The van der Waals surface area contributed by atoms with Gasteiger partial charge in [0.2, 0.25) is 0 Å². The predicted octanol–water partition coefficient (Wildman–Crippen LogP) is 3.43. The minimum absolute atomic E-state index is 0.159. The standard InChI is InChI=1S/C22H24O6/c1-4-27-21(24)19(22(25)28-5-2)14-17-8-6-7-9-18(17)15-10-12-16(13-11-15)20(23)26-3/h6-13,19H,4-5,14H2,1-3H3. The van der Waals surface area contributed by atoms with Crippen LogP contribution in [0.4, 0.5) is 0 Å². The first-order chi connectivity index (χ1) is 13.5. The lowest BCUT2D eigenvalue weighted by molar-refractivity contribution is -0.161. The van der Waals surface area contributed by atoms with Gasteiger partial charge in [-0.2, -0.15) is 0 Å². The second kappa shape index (κ2) is 10.3. The summed E-state index contributed by atoms with van der Waals surface area (Å²) >= 11 is 0. The van der Waals surface area contributed by atoms with Crippen molar-refractivity contribution < 1.29 is 28.6 Å². The van der Waals surface area contributed by atoms with E-state index < -0.39 is 23.8 Å². The lowest BCUT2D eigenvalue weighted by Gasteiger charge is -2.17. The Morgan fingerprint density at radius 1 is 0.857 bits per heavy atom. The van der Waals surface area contributed by atoms with Crippen LogP contribution in [0.25, 0.3) is 11.1 Å². The second-order valence-electron chi connectivity index (χ2n) is 5.99. The number of carbonyl (C=O) groups excluding carboxylic acids is 3. The number of hydrogen-bond acceptors (Lipinski definition) is 6. The molecule has 0 aliphatic heterocycles. The Morgan fingerprint density at radius 3 is 1.96 bits per heavy atom. The average Bonchev–Trinajstić information content (AvgIpc) is 2.72. The smallest absolute Gasteiger partial charge is 0.337 e. The Hall–Kier alpha value is -3.15. The van der Waals surface area contributed by atoms with Crippen LogP contribution in [0.5, 0.6) is 0 Å². The number of rotatable bonds is 8. The van der Waals surface area contributed by atoms with E-state index in [9.17, 15) is 14.4 Å². The largest absolute Gasteiger partial charge is 0.465 e. The molecule has 0 amide bonds. The van der Waals surface area contributed by atoms with Gasteiger partial charge in [-0.3, -0.25) is 9.59 Å². The summed E-state index contributed by atoms with van der Waals surface area (Å²) in [6.45, 7) is 3.75. The van der Waals surface area contributed by atoms with Crippen molar-refractivity contribution in [1.29, 1.82) is 0 Å². The summed E-state index contributed by atoms with van der Waals surface area (Å²) in [5.41, 5.74) is 2.96. The fourth-order valence-corrected chi connectivity index (χ4v) is 2.85. The van der Waals surface area contributed by atoms with Crippen molar-refractivity contribution >= 4 is 17.9 Å². The minimum Gasteiger partial charge on any atom is -0.465 e. The third-order valence-electron chi connectivity index (χ3n) is 4.20. The maximum Gasteiger partial charge on any atom is 0.337 e. The van der Waals surface area contributed by atoms with E-state index in [0.29, 0.717) is 5.56 Å². The Balaban J connectivity index is 2.34. The highest BCUT2D eigenvalue weighted by Crippen LogP contribution is 2.27. The summed E-state index contributed by atoms with van der Waals surface area (Å²) in [5, 5.41) is 0. The third kappa shape index (κ3) is 5.19. The number of ether oxygens (including phenoxy) is 3. The number of benzene rings is 2. The lowest BCUT2D eigenvalue weighted by Crippen LogP contribution is -2.30. The van der Waals surface area contributed by atoms with E-state index >= 15 is 0 Å². The van der Waals surface area contributed by atoms with Crippen LogP contribution in [0.15, 0.2) is 48.5 Å². The van der Waals surface area contributed by atoms with Gasteiger partial charge in [0.25, 0.3) is 0 Å². The van der Waals surface area contributed by atoms with Crippen molar-refractivity contribution in [2.45, 2.75) is 20.3 Å². The van der Waals surface area contributed by atoms with Crippen molar-refractivity contribution in [3.63, 3.8) is 0 Å². The molecule has 2 rings (SSSR count). The third-order valence-corrected chi connectivity index (χ3v) is 4.20. The van der Waals surface area contributed by atoms with Gasteiger partial charge in [0.1, 0.15) is 0 Å². The molecule has 6 nitrogen and oxygen atoms in total. The quantitative estimate of drug-likeness (QED) is 0.394. The van der Waals surface area contributed by atoms with E-state index in [1.165, 1.54) is 7.11 Å². The molecule has 0 N–H and O–H groups in total. The van der Waals surface area contributed by atoms with Gasteiger partial charge in [0.15, 0.2) is 5.92 Å². The van der Waals surface area contributed by atoms with Crippen molar-refractivity contribution in [3.05, 3.63) is 59.7 Å². The first-order valence-corrected chi connectivity index (χ1v) is 9.11. The van der Waals surface area contributed by atoms with Gasteiger partial charge in [-0.05, 0) is 49.1 Å². The molecule has 0 aliphatic carbocycles. The molecule has 0 fully saturated rings. The number of esters is 3. The molecule has 28 heavy (non-hydrogen) atoms. The van der Waals surface area contributed by atoms with Crippen molar-refractivity contribution in [3.8, 4) is 11.1 Å². The van der Waals surface area contributed by atoms with E-state index in [0.717, 1.165) is 16.7 Å². The summed E-state index contributed by atoms with van der Waals surface area (Å²) in [4.78, 5) is 36.2. The van der Waals surface area contributed by atoms with Gasteiger partial charge in [0, 0.05) is 0 Å². The Kier molecular flexibility index (Phi) is 7.75. The molecule has 0 bridgehead atoms. The van der Waals surface area contributed by atoms with Gasteiger partial charge in [-0.1, -0.05) is 36.4 Å². The van der Waals surface area contributed by atoms with E-state index in [-0.39, 0.29) is 19.6 Å². The molecule has 0 atom stereocenters. The summed E-state index contributed by atoms with van der Waals surface area (Å²) < 4.78 is 14.8. The second-order valence-corrected chi connectivity index (χ2v) is 5.99. The van der Waals surface area contributed by atoms with Crippen molar-refractivity contribution in [1.82, 2.24) is 0 Å². The molecule has 0 unspecified atom stereocenters. The number of methoxy groups -OCH3 is 1. The first-order valence-electron chi connectivity index (χ1n) is 9.11. The maximum atomic E-state index is 12.3. The van der Waals surface area contributed by atoms with Crippen LogP contribution in [-0.4, -0.2) is 38.2 Å². The van der Waals surface area contributed by atoms with Gasteiger partial charge in [0.05, 0.1) is 25.9 Å². The topological polar surface area (TPSA) is 78.9 Å². The maximum absolute atomic E-state index is 12.3. The highest BCUT2D eigenvalue weighted by molar-refractivity contribution is 5.95. The fourth-order valence-electron chi connectivity index (χ4n) is 2.85. The summed E-state index contributed by atoms with van der Waals surface area (Å²) in [5.74, 6) is -2.64. The van der Waals surface area contributed by atoms with Gasteiger partial charge >= 0.3 is 17.9 Å². The van der Waals surface area contributed by atoms with E-state index in [4.69, 9.17) is 14.2 Å². The molecule has 0 heterocycles. The molecule has 0 aromatic heterocycles. The SMILES string of the molecule is CCOC(=O)C(Cc1ccccc1-c1ccc(C(=O)OC)cc1)C(=O)OCC. The van der Waals surface area contributed by atoms with Crippen LogP contribution in [0.2, 0.25) is 0 Å². The van der Waals surface area contributed by atoms with Gasteiger partial charge in [-0.15, -0.1) is 0 Å². The molecular weight excluding hydrogens is 360 g/mol. The highest BCUT2D eigenvalue weighted by Gasteiger charge is 2.30. The Bertz CT molecular complexity index is 807. The average molecular weight is 384 g/mol. The molecule has 2 aromatic rings. The Morgan fingerprint density at radius 2 is 1.43 bits per heavy atom. The van der Waals surface area contributed by atoms with E-state index in [1.54, 1.807) is 38.1 Å². The summed E-state index contributed by atoms with van der Waals surface area (Å²) in [6, 6.07) is 14.4. The molecule has 2 aromatic carbocycles. The van der Waals surface area contributed by atoms with Crippen LogP contribution >= 0.6 is 0 Å². The molecule has 0 aliphatic rings. The van der Waals surface area contributed by atoms with Crippen LogP contribution < -0.4 is 0 Å². The molecule has 0 spiro atoms. The first kappa shape index (κ1) is 21.2. The van der Waals surface area contributed by atoms with Gasteiger partial charge in [-0.25, -0.2) is 4.79 Å². The number of hydrogen-bond donors (Lipinski definition) is 0. The van der Waals surface area contributed by atoms with Crippen LogP contribution in [0.3, 0.4) is 0 Å². The summed E-state index contributed by atoms with van der Waals surface area (Å²) in [6.07, 6.45) is 0.159. The molecule has 0 saturated carbocycles. The van der Waals surface area contributed by atoms with E-state index in [1.807, 2.05) is 24.3 Å². The molecular formula is C22H24O6. The zero-order valence-electron chi connectivity index (χ0n) is 16.3. The molecule has 0 radical (unpaired) electrons. The lowest BCUT2D eigenvalue weighted by atomic mass is 9.92. The summed E-state index contributed by atoms with van der Waals surface area (Å²) in [7, 11) is 1.33. The normalized spacial score (nSPS) is 10.4. The van der Waals surface area contributed by atoms with Crippen molar-refractivity contribution in [2.24, 2.45) is 5.92 Å². The Labute approximate surface area is 164 Å².